The molecule has 0 aliphatic rings. The minimum absolute atomic E-state index is 0.0671. The minimum atomic E-state index is -1.11. The predicted octanol–water partition coefficient (Wildman–Crippen LogP) is 2.79. The van der Waals surface area contributed by atoms with Gasteiger partial charge in [-0.25, -0.2) is 4.79 Å². The van der Waals surface area contributed by atoms with Crippen LogP contribution < -0.4 is 0 Å². The summed E-state index contributed by atoms with van der Waals surface area (Å²) in [4.78, 5) is 20.4. The van der Waals surface area contributed by atoms with Crippen molar-refractivity contribution in [2.45, 2.75) is 12.8 Å². The van der Waals surface area contributed by atoms with Gasteiger partial charge in [0.15, 0.2) is 0 Å². The molecule has 0 aliphatic heterocycles. The maximum Gasteiger partial charge on any atom is 0.339 e. The van der Waals surface area contributed by atoms with Crippen LogP contribution in [-0.4, -0.2) is 27.3 Å². The number of aromatic carboxylic acids is 1. The van der Waals surface area contributed by atoms with Crippen LogP contribution in [0.2, 0.25) is 0 Å². The summed E-state index contributed by atoms with van der Waals surface area (Å²) >= 11 is 0. The molecular formula is C16H16O5. The molecule has 3 N–H and O–H groups in total. The van der Waals surface area contributed by atoms with Crippen LogP contribution in [0.1, 0.15) is 22.3 Å². The summed E-state index contributed by atoms with van der Waals surface area (Å²) in [5.41, 5.74) is 1.01. The lowest BCUT2D eigenvalue weighted by Crippen LogP contribution is -1.96. The molecule has 0 fully saturated rings. The number of benzene rings is 2. The molecule has 0 radical (unpaired) electrons. The zero-order valence-electron chi connectivity index (χ0n) is 11.3. The molecule has 0 bridgehead atoms. The molecule has 2 rings (SSSR count). The lowest BCUT2D eigenvalue weighted by atomic mass is 10.1. The van der Waals surface area contributed by atoms with Crippen molar-refractivity contribution in [1.82, 2.24) is 0 Å². The van der Waals surface area contributed by atoms with Gasteiger partial charge in [0.05, 0.1) is 0 Å². The van der Waals surface area contributed by atoms with Crippen molar-refractivity contribution < 1.29 is 24.9 Å². The van der Waals surface area contributed by atoms with Crippen molar-refractivity contribution in [3.8, 4) is 5.75 Å². The minimum Gasteiger partial charge on any atom is -0.507 e. The van der Waals surface area contributed by atoms with Crippen LogP contribution in [0.25, 0.3) is 0 Å². The topological polar surface area (TPSA) is 94.8 Å². The van der Waals surface area contributed by atoms with E-state index in [4.69, 9.17) is 15.3 Å². The third-order valence-electron chi connectivity index (χ3n) is 2.60. The van der Waals surface area contributed by atoms with Crippen molar-refractivity contribution in [3.63, 3.8) is 0 Å². The van der Waals surface area contributed by atoms with Crippen molar-refractivity contribution in [2.24, 2.45) is 0 Å². The number of hydrogen-bond donors (Lipinski definition) is 3. The number of phenols is 1. The van der Waals surface area contributed by atoms with E-state index in [1.54, 1.807) is 12.1 Å². The summed E-state index contributed by atoms with van der Waals surface area (Å²) in [7, 11) is 0. The summed E-state index contributed by atoms with van der Waals surface area (Å²) in [6, 6.07) is 15.4. The number of aromatic hydroxyl groups is 1. The molecule has 0 amide bonds. The lowest BCUT2D eigenvalue weighted by Gasteiger charge is -1.95. The van der Waals surface area contributed by atoms with E-state index in [0.29, 0.717) is 6.42 Å². The van der Waals surface area contributed by atoms with Crippen LogP contribution >= 0.6 is 0 Å². The second-order valence-electron chi connectivity index (χ2n) is 4.20. The Morgan fingerprint density at radius 2 is 1.43 bits per heavy atom. The Hall–Kier alpha value is -2.82. The smallest absolute Gasteiger partial charge is 0.339 e. The van der Waals surface area contributed by atoms with Gasteiger partial charge in [-0.3, -0.25) is 4.79 Å². The Morgan fingerprint density at radius 3 is 1.90 bits per heavy atom. The summed E-state index contributed by atoms with van der Waals surface area (Å²) in [6.45, 7) is 0. The number of hydrogen-bond acceptors (Lipinski definition) is 3. The zero-order chi connectivity index (χ0) is 15.7. The Balaban J connectivity index is 0.000000211. The lowest BCUT2D eigenvalue weighted by molar-refractivity contribution is -0.136. The summed E-state index contributed by atoms with van der Waals surface area (Å²) in [5.74, 6) is -2.05. The Labute approximate surface area is 122 Å². The van der Waals surface area contributed by atoms with E-state index in [9.17, 15) is 9.59 Å². The first-order chi connectivity index (χ1) is 10.0. The quantitative estimate of drug-likeness (QED) is 0.804. The first-order valence-electron chi connectivity index (χ1n) is 6.27. The highest BCUT2D eigenvalue weighted by molar-refractivity contribution is 5.90. The van der Waals surface area contributed by atoms with E-state index in [1.165, 1.54) is 12.1 Å². The van der Waals surface area contributed by atoms with Crippen molar-refractivity contribution in [3.05, 3.63) is 65.7 Å². The summed E-state index contributed by atoms with van der Waals surface area (Å²) in [5, 5.41) is 25.7. The average molecular weight is 288 g/mol. The van der Waals surface area contributed by atoms with Crippen LogP contribution in [-0.2, 0) is 11.2 Å². The first kappa shape index (κ1) is 16.2. The molecule has 5 heteroatoms. The van der Waals surface area contributed by atoms with Crippen molar-refractivity contribution in [1.29, 1.82) is 0 Å². The Kier molecular flexibility index (Phi) is 6.47. The third-order valence-corrected chi connectivity index (χ3v) is 2.60. The standard InChI is InChI=1S/C9H10O2.C7H6O3/c10-9(11)7-6-8-4-2-1-3-5-8;8-6-4-2-1-3-5(6)7(9)10/h1-5H,6-7H2,(H,10,11);1-4,8H,(H,9,10). The maximum absolute atomic E-state index is 10.3. The van der Waals surface area contributed by atoms with Crippen molar-refractivity contribution in [2.75, 3.05) is 0 Å². The fraction of sp³-hybridized carbons (Fsp3) is 0.125. The number of aryl methyl sites for hydroxylation is 1. The molecule has 0 spiro atoms. The molecule has 2 aromatic rings. The maximum atomic E-state index is 10.3. The fourth-order valence-electron chi connectivity index (χ4n) is 1.55. The van der Waals surface area contributed by atoms with Gasteiger partial charge in [-0.1, -0.05) is 42.5 Å². The van der Waals surface area contributed by atoms with Crippen LogP contribution in [0.3, 0.4) is 0 Å². The Morgan fingerprint density at radius 1 is 0.857 bits per heavy atom. The normalized spacial score (nSPS) is 9.33. The SMILES string of the molecule is O=C(O)CCc1ccccc1.O=C(O)c1ccccc1O. The first-order valence-corrected chi connectivity index (χ1v) is 6.27. The molecule has 2 aromatic carbocycles. The highest BCUT2D eigenvalue weighted by atomic mass is 16.4. The zero-order valence-corrected chi connectivity index (χ0v) is 11.3. The van der Waals surface area contributed by atoms with E-state index in [1.807, 2.05) is 30.3 Å². The van der Waals surface area contributed by atoms with Gasteiger partial charge in [0.2, 0.25) is 0 Å². The number of rotatable bonds is 4. The van der Waals surface area contributed by atoms with Crippen LogP contribution in [0.5, 0.6) is 5.75 Å². The van der Waals surface area contributed by atoms with Gasteiger partial charge >= 0.3 is 11.9 Å². The molecule has 0 saturated heterocycles. The van der Waals surface area contributed by atoms with E-state index in [2.05, 4.69) is 0 Å². The largest absolute Gasteiger partial charge is 0.507 e. The Bertz CT molecular complexity index is 593. The van der Waals surface area contributed by atoms with Gasteiger partial charge in [0.1, 0.15) is 11.3 Å². The van der Waals surface area contributed by atoms with Crippen LogP contribution in [0, 0.1) is 0 Å². The molecule has 0 unspecified atom stereocenters. The van der Waals surface area contributed by atoms with Crippen molar-refractivity contribution >= 4 is 11.9 Å². The number of para-hydroxylation sites is 1. The van der Waals surface area contributed by atoms with Gasteiger partial charge in [0.25, 0.3) is 0 Å². The molecule has 21 heavy (non-hydrogen) atoms. The average Bonchev–Trinajstić information content (AvgIpc) is 2.47. The van der Waals surface area contributed by atoms with Gasteiger partial charge in [0, 0.05) is 6.42 Å². The molecule has 0 saturated carbocycles. The summed E-state index contributed by atoms with van der Waals surface area (Å²) in [6.07, 6.45) is 0.834. The molecule has 0 aliphatic carbocycles. The van der Waals surface area contributed by atoms with Gasteiger partial charge in [-0.05, 0) is 24.1 Å². The van der Waals surface area contributed by atoms with Crippen LogP contribution in [0.4, 0.5) is 0 Å². The van der Waals surface area contributed by atoms with E-state index in [-0.39, 0.29) is 17.7 Å². The van der Waals surface area contributed by atoms with E-state index < -0.39 is 11.9 Å². The van der Waals surface area contributed by atoms with E-state index >= 15 is 0 Å². The second-order valence-corrected chi connectivity index (χ2v) is 4.20. The van der Waals surface area contributed by atoms with E-state index in [0.717, 1.165) is 5.56 Å². The molecule has 110 valence electrons. The fourth-order valence-corrected chi connectivity index (χ4v) is 1.55. The number of carboxylic acids is 2. The number of carboxylic acid groups (broad SMARTS) is 2. The molecule has 5 nitrogen and oxygen atoms in total. The number of aliphatic carboxylic acids is 1. The summed E-state index contributed by atoms with van der Waals surface area (Å²) < 4.78 is 0. The van der Waals surface area contributed by atoms with Gasteiger partial charge in [-0.15, -0.1) is 0 Å². The predicted molar refractivity (Wildman–Crippen MR) is 77.5 cm³/mol. The third kappa shape index (κ3) is 6.24. The molecule has 0 atom stereocenters. The highest BCUT2D eigenvalue weighted by Gasteiger charge is 2.05. The molecular weight excluding hydrogens is 272 g/mol. The highest BCUT2D eigenvalue weighted by Crippen LogP contribution is 2.14. The second kappa shape index (κ2) is 8.37. The molecule has 0 aromatic heterocycles. The number of carbonyl (C=O) groups is 2. The van der Waals surface area contributed by atoms with Crippen LogP contribution in [0.15, 0.2) is 54.6 Å². The van der Waals surface area contributed by atoms with Gasteiger partial charge < -0.3 is 15.3 Å². The van der Waals surface area contributed by atoms with Gasteiger partial charge in [-0.2, -0.15) is 0 Å². The molecule has 0 heterocycles. The monoisotopic (exact) mass is 288 g/mol.